The highest BCUT2D eigenvalue weighted by molar-refractivity contribution is 5.75. The number of hydrogen-bond donors (Lipinski definition) is 1. The molecule has 0 saturated heterocycles. The molecule has 0 spiro atoms. The molecular weight excluding hydrogens is 238 g/mol. The highest BCUT2D eigenvalue weighted by atomic mass is 16.2. The molecule has 106 valence electrons. The van der Waals surface area contributed by atoms with Crippen LogP contribution in [-0.4, -0.2) is 35.9 Å². The molecule has 0 aliphatic rings. The van der Waals surface area contributed by atoms with Crippen LogP contribution in [0.25, 0.3) is 0 Å². The zero-order valence-corrected chi connectivity index (χ0v) is 12.2. The van der Waals surface area contributed by atoms with Gasteiger partial charge in [-0.25, -0.2) is 0 Å². The van der Waals surface area contributed by atoms with E-state index in [1.807, 2.05) is 19.2 Å². The van der Waals surface area contributed by atoms with Gasteiger partial charge >= 0.3 is 0 Å². The summed E-state index contributed by atoms with van der Waals surface area (Å²) in [6.45, 7) is 5.45. The van der Waals surface area contributed by atoms with Crippen LogP contribution >= 0.6 is 0 Å². The number of nitrogens with zero attached hydrogens (tertiary/aromatic N) is 2. The first kappa shape index (κ1) is 15.6. The van der Waals surface area contributed by atoms with E-state index >= 15 is 0 Å². The lowest BCUT2D eigenvalue weighted by atomic mass is 9.93. The van der Waals surface area contributed by atoms with Crippen molar-refractivity contribution in [3.05, 3.63) is 30.1 Å². The molecule has 1 aromatic heterocycles. The van der Waals surface area contributed by atoms with Gasteiger partial charge in [0.05, 0.1) is 0 Å². The summed E-state index contributed by atoms with van der Waals surface area (Å²) in [7, 11) is 1.85. The Hall–Kier alpha value is -1.42. The second kappa shape index (κ2) is 7.24. The maximum absolute atomic E-state index is 12.0. The molecular formula is C15H25N3O. The van der Waals surface area contributed by atoms with Gasteiger partial charge in [0, 0.05) is 32.4 Å². The minimum absolute atomic E-state index is 0.0183. The van der Waals surface area contributed by atoms with E-state index in [2.05, 4.69) is 18.8 Å². The van der Waals surface area contributed by atoms with Gasteiger partial charge in [-0.2, -0.15) is 0 Å². The van der Waals surface area contributed by atoms with E-state index in [1.54, 1.807) is 17.3 Å². The summed E-state index contributed by atoms with van der Waals surface area (Å²) in [6.07, 6.45) is 5.94. The van der Waals surface area contributed by atoms with Crippen molar-refractivity contribution in [2.45, 2.75) is 33.1 Å². The van der Waals surface area contributed by atoms with Crippen LogP contribution < -0.4 is 5.73 Å². The molecule has 1 heterocycles. The van der Waals surface area contributed by atoms with E-state index in [1.165, 1.54) is 5.56 Å². The molecule has 1 aromatic rings. The van der Waals surface area contributed by atoms with Gasteiger partial charge in [0.1, 0.15) is 0 Å². The number of pyridine rings is 1. The fourth-order valence-corrected chi connectivity index (χ4v) is 1.98. The molecule has 0 fully saturated rings. The van der Waals surface area contributed by atoms with Gasteiger partial charge in [-0.15, -0.1) is 0 Å². The Bertz CT molecular complexity index is 390. The predicted octanol–water partition coefficient (Wildman–Crippen LogP) is 1.85. The summed E-state index contributed by atoms with van der Waals surface area (Å²) in [5, 5.41) is 0. The Labute approximate surface area is 116 Å². The Balaban J connectivity index is 2.31. The summed E-state index contributed by atoms with van der Waals surface area (Å²) >= 11 is 0. The van der Waals surface area contributed by atoms with E-state index in [-0.39, 0.29) is 11.3 Å². The molecule has 0 bridgehead atoms. The number of aromatic nitrogens is 1. The zero-order valence-electron chi connectivity index (χ0n) is 12.2. The fraction of sp³-hybridized carbons (Fsp3) is 0.600. The number of aryl methyl sites for hydroxylation is 1. The lowest BCUT2D eigenvalue weighted by Gasteiger charge is -2.29. The Morgan fingerprint density at radius 1 is 1.37 bits per heavy atom. The predicted molar refractivity (Wildman–Crippen MR) is 77.6 cm³/mol. The average molecular weight is 263 g/mol. The first-order chi connectivity index (χ1) is 8.94. The van der Waals surface area contributed by atoms with Crippen molar-refractivity contribution in [2.24, 2.45) is 11.1 Å². The first-order valence-corrected chi connectivity index (χ1v) is 6.77. The largest absolute Gasteiger partial charge is 0.345 e. The van der Waals surface area contributed by atoms with Crippen molar-refractivity contribution >= 4 is 5.91 Å². The minimum atomic E-state index is -0.0183. The molecule has 2 N–H and O–H groups in total. The van der Waals surface area contributed by atoms with Crippen LogP contribution in [0.5, 0.6) is 0 Å². The third kappa shape index (κ3) is 5.83. The maximum atomic E-state index is 12.0. The molecule has 4 nitrogen and oxygen atoms in total. The van der Waals surface area contributed by atoms with Crippen LogP contribution in [-0.2, 0) is 11.2 Å². The smallest absolute Gasteiger partial charge is 0.222 e. The van der Waals surface area contributed by atoms with Crippen LogP contribution in [0.3, 0.4) is 0 Å². The van der Waals surface area contributed by atoms with Crippen molar-refractivity contribution in [1.29, 1.82) is 0 Å². The SMILES string of the molecule is CN(CC(C)(C)CN)C(=O)CCCc1ccncc1. The number of nitrogens with two attached hydrogens (primary N) is 1. The van der Waals surface area contributed by atoms with Crippen LogP contribution in [0.15, 0.2) is 24.5 Å². The first-order valence-electron chi connectivity index (χ1n) is 6.77. The monoisotopic (exact) mass is 263 g/mol. The van der Waals surface area contributed by atoms with Gasteiger partial charge in [-0.1, -0.05) is 13.8 Å². The molecule has 0 radical (unpaired) electrons. The molecule has 0 atom stereocenters. The van der Waals surface area contributed by atoms with Crippen molar-refractivity contribution in [2.75, 3.05) is 20.1 Å². The Morgan fingerprint density at radius 2 is 2.00 bits per heavy atom. The van der Waals surface area contributed by atoms with Crippen LogP contribution in [0.1, 0.15) is 32.3 Å². The van der Waals surface area contributed by atoms with E-state index in [0.29, 0.717) is 19.5 Å². The van der Waals surface area contributed by atoms with Crippen molar-refractivity contribution in [3.8, 4) is 0 Å². The Morgan fingerprint density at radius 3 is 2.58 bits per heavy atom. The second-order valence-electron chi connectivity index (χ2n) is 5.83. The molecule has 19 heavy (non-hydrogen) atoms. The number of rotatable bonds is 7. The highest BCUT2D eigenvalue weighted by Crippen LogP contribution is 2.15. The molecule has 0 aliphatic carbocycles. The lowest BCUT2D eigenvalue weighted by Crippen LogP contribution is -2.39. The van der Waals surface area contributed by atoms with Gasteiger partial charge in [-0.05, 0) is 42.5 Å². The number of amides is 1. The zero-order chi connectivity index (χ0) is 14.3. The molecule has 0 aromatic carbocycles. The summed E-state index contributed by atoms with van der Waals surface area (Å²) < 4.78 is 0. The highest BCUT2D eigenvalue weighted by Gasteiger charge is 2.20. The summed E-state index contributed by atoms with van der Waals surface area (Å²) in [5.41, 5.74) is 6.90. The van der Waals surface area contributed by atoms with Gasteiger partial charge in [-0.3, -0.25) is 9.78 Å². The topological polar surface area (TPSA) is 59.2 Å². The molecule has 4 heteroatoms. The van der Waals surface area contributed by atoms with Crippen molar-refractivity contribution < 1.29 is 4.79 Å². The average Bonchev–Trinajstić information content (AvgIpc) is 2.39. The fourth-order valence-electron chi connectivity index (χ4n) is 1.98. The quantitative estimate of drug-likeness (QED) is 0.816. The van der Waals surface area contributed by atoms with Gasteiger partial charge in [0.25, 0.3) is 0 Å². The van der Waals surface area contributed by atoms with E-state index in [4.69, 9.17) is 5.73 Å². The third-order valence-corrected chi connectivity index (χ3v) is 3.25. The molecule has 0 saturated carbocycles. The standard InChI is InChI=1S/C15H25N3O/c1-15(2,11-16)12-18(3)14(19)6-4-5-13-7-9-17-10-8-13/h7-10H,4-6,11-12,16H2,1-3H3. The molecule has 1 amide bonds. The van der Waals surface area contributed by atoms with Crippen LogP contribution in [0.4, 0.5) is 0 Å². The lowest BCUT2D eigenvalue weighted by molar-refractivity contribution is -0.131. The number of hydrogen-bond acceptors (Lipinski definition) is 3. The molecule has 0 aliphatic heterocycles. The maximum Gasteiger partial charge on any atom is 0.222 e. The van der Waals surface area contributed by atoms with Crippen LogP contribution in [0, 0.1) is 5.41 Å². The third-order valence-electron chi connectivity index (χ3n) is 3.25. The number of carbonyl (C=O) groups is 1. The summed E-state index contributed by atoms with van der Waals surface area (Å²) in [5.74, 6) is 0.190. The van der Waals surface area contributed by atoms with E-state index in [9.17, 15) is 4.79 Å². The Kier molecular flexibility index (Phi) is 5.96. The van der Waals surface area contributed by atoms with Crippen molar-refractivity contribution in [1.82, 2.24) is 9.88 Å². The molecule has 0 unspecified atom stereocenters. The van der Waals surface area contributed by atoms with Crippen molar-refractivity contribution in [3.63, 3.8) is 0 Å². The van der Waals surface area contributed by atoms with Crippen LogP contribution in [0.2, 0.25) is 0 Å². The number of carbonyl (C=O) groups excluding carboxylic acids is 1. The summed E-state index contributed by atoms with van der Waals surface area (Å²) in [6, 6.07) is 3.98. The van der Waals surface area contributed by atoms with Gasteiger partial charge in [0.15, 0.2) is 0 Å². The van der Waals surface area contributed by atoms with Gasteiger partial charge < -0.3 is 10.6 Å². The normalized spacial score (nSPS) is 11.4. The van der Waals surface area contributed by atoms with E-state index in [0.717, 1.165) is 12.8 Å². The van der Waals surface area contributed by atoms with E-state index < -0.39 is 0 Å². The summed E-state index contributed by atoms with van der Waals surface area (Å²) in [4.78, 5) is 17.8. The second-order valence-corrected chi connectivity index (χ2v) is 5.83. The minimum Gasteiger partial charge on any atom is -0.345 e. The van der Waals surface area contributed by atoms with Gasteiger partial charge in [0.2, 0.25) is 5.91 Å². The molecule has 1 rings (SSSR count).